The van der Waals surface area contributed by atoms with Gasteiger partial charge in [0.25, 0.3) is 0 Å². The Bertz CT molecular complexity index is 523. The summed E-state index contributed by atoms with van der Waals surface area (Å²) < 4.78 is 10.1. The van der Waals surface area contributed by atoms with Gasteiger partial charge in [-0.25, -0.2) is 4.79 Å². The van der Waals surface area contributed by atoms with Crippen LogP contribution in [0.5, 0.6) is 0 Å². The fourth-order valence-electron chi connectivity index (χ4n) is 1.75. The third-order valence-electron chi connectivity index (χ3n) is 2.61. The SMILES string of the molecule is COCC(=O)Nc1cccc(CN(C)C(=O)OC(C)(C)C)c1. The molecule has 0 aromatic heterocycles. The summed E-state index contributed by atoms with van der Waals surface area (Å²) in [4.78, 5) is 24.9. The Labute approximate surface area is 131 Å². The maximum Gasteiger partial charge on any atom is 0.410 e. The Morgan fingerprint density at radius 3 is 2.55 bits per heavy atom. The van der Waals surface area contributed by atoms with Gasteiger partial charge in [0.2, 0.25) is 5.91 Å². The highest BCUT2D eigenvalue weighted by atomic mass is 16.6. The highest BCUT2D eigenvalue weighted by molar-refractivity contribution is 5.91. The fraction of sp³-hybridized carbons (Fsp3) is 0.500. The molecule has 0 aliphatic heterocycles. The molecule has 0 spiro atoms. The molecular weight excluding hydrogens is 284 g/mol. The Morgan fingerprint density at radius 2 is 1.95 bits per heavy atom. The number of benzene rings is 1. The molecule has 0 radical (unpaired) electrons. The average Bonchev–Trinajstić information content (AvgIpc) is 2.37. The van der Waals surface area contributed by atoms with Gasteiger partial charge in [-0.2, -0.15) is 0 Å². The molecule has 0 saturated heterocycles. The lowest BCUT2D eigenvalue weighted by atomic mass is 10.2. The van der Waals surface area contributed by atoms with Crippen molar-refractivity contribution in [2.45, 2.75) is 32.9 Å². The van der Waals surface area contributed by atoms with Crippen LogP contribution in [0.15, 0.2) is 24.3 Å². The van der Waals surface area contributed by atoms with Crippen LogP contribution in [0.3, 0.4) is 0 Å². The van der Waals surface area contributed by atoms with Gasteiger partial charge in [0, 0.05) is 26.4 Å². The number of anilines is 1. The highest BCUT2D eigenvalue weighted by Crippen LogP contribution is 2.14. The Balaban J connectivity index is 2.66. The molecule has 0 unspecified atom stereocenters. The van der Waals surface area contributed by atoms with Gasteiger partial charge >= 0.3 is 6.09 Å². The monoisotopic (exact) mass is 308 g/mol. The maximum absolute atomic E-state index is 11.9. The second-order valence-corrected chi connectivity index (χ2v) is 6.02. The summed E-state index contributed by atoms with van der Waals surface area (Å²) in [7, 11) is 3.13. The van der Waals surface area contributed by atoms with Gasteiger partial charge in [-0.05, 0) is 38.5 Å². The van der Waals surface area contributed by atoms with Crippen molar-refractivity contribution in [1.82, 2.24) is 4.90 Å². The molecule has 1 aromatic rings. The topological polar surface area (TPSA) is 67.9 Å². The van der Waals surface area contributed by atoms with E-state index in [4.69, 9.17) is 9.47 Å². The van der Waals surface area contributed by atoms with Gasteiger partial charge in [0.1, 0.15) is 12.2 Å². The van der Waals surface area contributed by atoms with E-state index in [9.17, 15) is 9.59 Å². The van der Waals surface area contributed by atoms with Crippen molar-refractivity contribution >= 4 is 17.7 Å². The second kappa shape index (κ2) is 7.79. The average molecular weight is 308 g/mol. The summed E-state index contributed by atoms with van der Waals surface area (Å²) in [5, 5.41) is 2.73. The van der Waals surface area contributed by atoms with Crippen LogP contribution in [-0.2, 0) is 20.8 Å². The van der Waals surface area contributed by atoms with Gasteiger partial charge in [-0.1, -0.05) is 12.1 Å². The van der Waals surface area contributed by atoms with Crippen molar-refractivity contribution in [2.75, 3.05) is 26.1 Å². The van der Waals surface area contributed by atoms with E-state index in [1.807, 2.05) is 39.0 Å². The zero-order valence-electron chi connectivity index (χ0n) is 13.8. The van der Waals surface area contributed by atoms with Crippen LogP contribution in [-0.4, -0.2) is 43.3 Å². The van der Waals surface area contributed by atoms with E-state index < -0.39 is 5.60 Å². The molecule has 0 saturated carbocycles. The van der Waals surface area contributed by atoms with E-state index in [0.717, 1.165) is 5.56 Å². The molecule has 0 aliphatic rings. The lowest BCUT2D eigenvalue weighted by Crippen LogP contribution is -2.33. The largest absolute Gasteiger partial charge is 0.444 e. The van der Waals surface area contributed by atoms with Crippen molar-refractivity contribution in [2.24, 2.45) is 0 Å². The van der Waals surface area contributed by atoms with Crippen LogP contribution < -0.4 is 5.32 Å². The fourth-order valence-corrected chi connectivity index (χ4v) is 1.75. The lowest BCUT2D eigenvalue weighted by molar-refractivity contribution is -0.119. The first-order valence-electron chi connectivity index (χ1n) is 7.03. The predicted octanol–water partition coefficient (Wildman–Crippen LogP) is 2.64. The summed E-state index contributed by atoms with van der Waals surface area (Å²) in [5.74, 6) is -0.222. The Hall–Kier alpha value is -2.08. The predicted molar refractivity (Wildman–Crippen MR) is 84.6 cm³/mol. The third-order valence-corrected chi connectivity index (χ3v) is 2.61. The summed E-state index contributed by atoms with van der Waals surface area (Å²) in [6, 6.07) is 7.30. The molecule has 0 fully saturated rings. The number of ether oxygens (including phenoxy) is 2. The Morgan fingerprint density at radius 1 is 1.27 bits per heavy atom. The summed E-state index contributed by atoms with van der Waals surface area (Å²) >= 11 is 0. The van der Waals surface area contributed by atoms with Gasteiger partial charge in [-0.15, -0.1) is 0 Å². The number of rotatable bonds is 5. The van der Waals surface area contributed by atoms with E-state index >= 15 is 0 Å². The van der Waals surface area contributed by atoms with Gasteiger partial charge in [0.05, 0.1) is 0 Å². The standard InChI is InChI=1S/C16H24N2O4/c1-16(2,3)22-15(20)18(4)10-12-7-6-8-13(9-12)17-14(19)11-21-5/h6-9H,10-11H2,1-5H3,(H,17,19). The van der Waals surface area contributed by atoms with Gasteiger partial charge < -0.3 is 19.7 Å². The number of methoxy groups -OCH3 is 1. The molecule has 2 amide bonds. The number of carbonyl (C=O) groups excluding carboxylic acids is 2. The summed E-state index contributed by atoms with van der Waals surface area (Å²) in [6.45, 7) is 5.87. The molecule has 122 valence electrons. The summed E-state index contributed by atoms with van der Waals surface area (Å²) in [6.07, 6.45) is -0.388. The second-order valence-electron chi connectivity index (χ2n) is 6.02. The minimum Gasteiger partial charge on any atom is -0.444 e. The normalized spacial score (nSPS) is 11.0. The van der Waals surface area contributed by atoms with E-state index in [1.165, 1.54) is 12.0 Å². The van der Waals surface area contributed by atoms with Crippen molar-refractivity contribution < 1.29 is 19.1 Å². The first-order valence-corrected chi connectivity index (χ1v) is 7.03. The number of hydrogen-bond donors (Lipinski definition) is 1. The van der Waals surface area contributed by atoms with Crippen LogP contribution in [0.1, 0.15) is 26.3 Å². The molecule has 0 heterocycles. The van der Waals surface area contributed by atoms with E-state index in [0.29, 0.717) is 12.2 Å². The third kappa shape index (κ3) is 6.58. The number of carbonyl (C=O) groups is 2. The van der Waals surface area contributed by atoms with E-state index in [1.54, 1.807) is 13.1 Å². The van der Waals surface area contributed by atoms with E-state index in [-0.39, 0.29) is 18.6 Å². The number of nitrogens with one attached hydrogen (secondary N) is 1. The first-order chi connectivity index (χ1) is 10.2. The molecule has 0 bridgehead atoms. The molecule has 1 aromatic carbocycles. The van der Waals surface area contributed by atoms with Crippen molar-refractivity contribution in [1.29, 1.82) is 0 Å². The molecule has 6 heteroatoms. The maximum atomic E-state index is 11.9. The van der Waals surface area contributed by atoms with Crippen LogP contribution in [0, 0.1) is 0 Å². The Kier molecular flexibility index (Phi) is 6.37. The van der Waals surface area contributed by atoms with Crippen LogP contribution in [0.2, 0.25) is 0 Å². The molecule has 1 rings (SSSR count). The van der Waals surface area contributed by atoms with Crippen LogP contribution in [0.25, 0.3) is 0 Å². The summed E-state index contributed by atoms with van der Waals surface area (Å²) in [5.41, 5.74) is 1.03. The number of nitrogens with zero attached hydrogens (tertiary/aromatic N) is 1. The van der Waals surface area contributed by atoms with Gasteiger partial charge in [-0.3, -0.25) is 4.79 Å². The smallest absolute Gasteiger partial charge is 0.410 e. The zero-order chi connectivity index (χ0) is 16.8. The quantitative estimate of drug-likeness (QED) is 0.908. The molecule has 0 aliphatic carbocycles. The number of hydrogen-bond acceptors (Lipinski definition) is 4. The minimum absolute atomic E-state index is 0.00202. The van der Waals surface area contributed by atoms with Crippen molar-refractivity contribution in [3.8, 4) is 0 Å². The van der Waals surface area contributed by atoms with Crippen LogP contribution in [0.4, 0.5) is 10.5 Å². The molecular formula is C16H24N2O4. The number of amides is 2. The lowest BCUT2D eigenvalue weighted by Gasteiger charge is -2.24. The van der Waals surface area contributed by atoms with Gasteiger partial charge in [0.15, 0.2) is 0 Å². The van der Waals surface area contributed by atoms with E-state index in [2.05, 4.69) is 5.32 Å². The molecule has 22 heavy (non-hydrogen) atoms. The molecule has 1 N–H and O–H groups in total. The highest BCUT2D eigenvalue weighted by Gasteiger charge is 2.19. The molecule has 6 nitrogen and oxygen atoms in total. The van der Waals surface area contributed by atoms with Crippen LogP contribution >= 0.6 is 0 Å². The van der Waals surface area contributed by atoms with Crippen molar-refractivity contribution in [3.05, 3.63) is 29.8 Å². The minimum atomic E-state index is -0.526. The zero-order valence-corrected chi connectivity index (χ0v) is 13.8. The molecule has 0 atom stereocenters. The van der Waals surface area contributed by atoms with Crippen molar-refractivity contribution in [3.63, 3.8) is 0 Å². The first kappa shape index (κ1) is 18.0.